The van der Waals surface area contributed by atoms with Gasteiger partial charge in [0.1, 0.15) is 5.60 Å². The van der Waals surface area contributed by atoms with Crippen LogP contribution < -0.4 is 0 Å². The summed E-state index contributed by atoms with van der Waals surface area (Å²) in [6.07, 6.45) is 1.42. The number of pyridine rings is 1. The highest BCUT2D eigenvalue weighted by atomic mass is 127. The topological polar surface area (TPSA) is 78.3 Å². The second-order valence-electron chi connectivity index (χ2n) is 7.15. The van der Waals surface area contributed by atoms with Gasteiger partial charge in [0.25, 0.3) is 10.0 Å². The van der Waals surface area contributed by atoms with E-state index in [1.807, 2.05) is 29.5 Å². The van der Waals surface area contributed by atoms with E-state index < -0.39 is 21.6 Å². The van der Waals surface area contributed by atoms with Crippen LogP contribution in [-0.4, -0.2) is 28.9 Å². The summed E-state index contributed by atoms with van der Waals surface area (Å²) >= 11 is 1.93. The van der Waals surface area contributed by atoms with E-state index in [1.165, 1.54) is 12.3 Å². The Kier molecular flexibility index (Phi) is 5.06. The molecule has 3 aromatic rings. The average molecular weight is 498 g/mol. The van der Waals surface area contributed by atoms with Crippen molar-refractivity contribution >= 4 is 49.6 Å². The number of halogens is 1. The predicted octanol–water partition coefficient (Wildman–Crippen LogP) is 4.14. The summed E-state index contributed by atoms with van der Waals surface area (Å²) < 4.78 is 33.3. The number of hydrogen-bond donors (Lipinski definition) is 0. The van der Waals surface area contributed by atoms with Gasteiger partial charge in [-0.2, -0.15) is 0 Å². The van der Waals surface area contributed by atoms with Crippen molar-refractivity contribution in [2.45, 2.75) is 38.2 Å². The fourth-order valence-electron chi connectivity index (χ4n) is 2.60. The number of carbonyl (C=O) groups excluding carboxylic acids is 1. The standard InChI is InChI=1S/C19H19IN2O4S/c1-12-5-7-13(8-6-12)27(24,25)22-16(20)11-15-14(9-10-21-17(15)22)18(23)26-19(2,3)4/h5-11H,1-4H3. The molecule has 0 aliphatic carbocycles. The number of carbonyl (C=O) groups is 1. The SMILES string of the molecule is Cc1ccc(S(=O)(=O)n2c(I)cc3c(C(=O)OC(C)(C)C)ccnc32)cc1. The van der Waals surface area contributed by atoms with Gasteiger partial charge in [-0.05, 0) is 74.6 Å². The Morgan fingerprint density at radius 3 is 2.37 bits per heavy atom. The molecule has 0 saturated heterocycles. The molecule has 27 heavy (non-hydrogen) atoms. The average Bonchev–Trinajstić information content (AvgIpc) is 2.89. The lowest BCUT2D eigenvalue weighted by Crippen LogP contribution is -2.24. The molecule has 0 aliphatic rings. The summed E-state index contributed by atoms with van der Waals surface area (Å²) in [6.45, 7) is 7.22. The summed E-state index contributed by atoms with van der Waals surface area (Å²) in [5.74, 6) is -0.517. The van der Waals surface area contributed by atoms with Gasteiger partial charge in [-0.1, -0.05) is 17.7 Å². The maximum atomic E-state index is 13.2. The zero-order valence-corrected chi connectivity index (χ0v) is 18.3. The summed E-state index contributed by atoms with van der Waals surface area (Å²) in [5.41, 5.74) is 0.788. The zero-order valence-electron chi connectivity index (χ0n) is 15.4. The molecule has 0 unspecified atom stereocenters. The van der Waals surface area contributed by atoms with Crippen molar-refractivity contribution in [1.82, 2.24) is 8.96 Å². The first-order valence-corrected chi connectivity index (χ1v) is 10.7. The lowest BCUT2D eigenvalue weighted by molar-refractivity contribution is 0.00717. The van der Waals surface area contributed by atoms with Gasteiger partial charge in [0.2, 0.25) is 0 Å². The summed E-state index contributed by atoms with van der Waals surface area (Å²) in [5, 5.41) is 0.437. The Hall–Kier alpha value is -1.94. The van der Waals surface area contributed by atoms with Crippen LogP contribution in [0, 0.1) is 10.6 Å². The molecule has 2 aromatic heterocycles. The minimum atomic E-state index is -3.85. The van der Waals surface area contributed by atoms with Gasteiger partial charge >= 0.3 is 5.97 Å². The molecule has 0 N–H and O–H groups in total. The summed E-state index contributed by atoms with van der Waals surface area (Å²) in [4.78, 5) is 16.9. The van der Waals surface area contributed by atoms with E-state index in [9.17, 15) is 13.2 Å². The number of esters is 1. The molecular formula is C19H19IN2O4S. The monoisotopic (exact) mass is 498 g/mol. The third kappa shape index (κ3) is 3.86. The van der Waals surface area contributed by atoms with Crippen LogP contribution in [0.3, 0.4) is 0 Å². The molecule has 0 bridgehead atoms. The Morgan fingerprint density at radius 1 is 1.15 bits per heavy atom. The number of aryl methyl sites for hydroxylation is 1. The third-order valence-electron chi connectivity index (χ3n) is 3.80. The Balaban J connectivity index is 2.19. The number of benzene rings is 1. The molecule has 0 amide bonds. The lowest BCUT2D eigenvalue weighted by Gasteiger charge is -2.19. The molecule has 3 rings (SSSR count). The molecular weight excluding hydrogens is 479 g/mol. The number of hydrogen-bond acceptors (Lipinski definition) is 5. The van der Waals surface area contributed by atoms with Gasteiger partial charge in [-0.15, -0.1) is 0 Å². The van der Waals surface area contributed by atoms with Gasteiger partial charge in [-0.25, -0.2) is 22.2 Å². The van der Waals surface area contributed by atoms with Crippen molar-refractivity contribution in [3.8, 4) is 0 Å². The lowest BCUT2D eigenvalue weighted by atomic mass is 10.1. The van der Waals surface area contributed by atoms with Crippen LogP contribution >= 0.6 is 22.6 Å². The van der Waals surface area contributed by atoms with Crippen molar-refractivity contribution in [1.29, 1.82) is 0 Å². The number of ether oxygens (including phenoxy) is 1. The van der Waals surface area contributed by atoms with Crippen molar-refractivity contribution < 1.29 is 17.9 Å². The first-order chi connectivity index (χ1) is 12.5. The molecule has 0 saturated carbocycles. The summed E-state index contributed by atoms with van der Waals surface area (Å²) in [6, 6.07) is 9.77. The Bertz CT molecular complexity index is 1130. The summed E-state index contributed by atoms with van der Waals surface area (Å²) in [7, 11) is -3.85. The molecule has 0 radical (unpaired) electrons. The first-order valence-electron chi connectivity index (χ1n) is 8.22. The van der Waals surface area contributed by atoms with Crippen molar-refractivity contribution in [3.05, 3.63) is 57.4 Å². The van der Waals surface area contributed by atoms with E-state index in [-0.39, 0.29) is 16.1 Å². The molecule has 0 fully saturated rings. The van der Waals surface area contributed by atoms with Crippen molar-refractivity contribution in [3.63, 3.8) is 0 Å². The highest BCUT2D eigenvalue weighted by Gasteiger charge is 2.26. The molecule has 0 atom stereocenters. The maximum Gasteiger partial charge on any atom is 0.339 e. The molecule has 8 heteroatoms. The van der Waals surface area contributed by atoms with Crippen LogP contribution in [0.15, 0.2) is 47.5 Å². The minimum absolute atomic E-state index is 0.160. The maximum absolute atomic E-state index is 13.2. The predicted molar refractivity (Wildman–Crippen MR) is 111 cm³/mol. The van der Waals surface area contributed by atoms with E-state index in [4.69, 9.17) is 4.74 Å². The van der Waals surface area contributed by atoms with Gasteiger partial charge in [0.15, 0.2) is 5.65 Å². The van der Waals surface area contributed by atoms with E-state index >= 15 is 0 Å². The fourth-order valence-corrected chi connectivity index (χ4v) is 5.26. The Morgan fingerprint density at radius 2 is 1.78 bits per heavy atom. The van der Waals surface area contributed by atoms with Crippen LogP contribution in [0.1, 0.15) is 36.7 Å². The van der Waals surface area contributed by atoms with Crippen molar-refractivity contribution in [2.24, 2.45) is 0 Å². The second kappa shape index (κ2) is 6.90. The smallest absolute Gasteiger partial charge is 0.339 e. The number of fused-ring (bicyclic) bond motifs is 1. The molecule has 0 aliphatic heterocycles. The quantitative estimate of drug-likeness (QED) is 0.401. The van der Waals surface area contributed by atoms with E-state index in [0.717, 1.165) is 9.54 Å². The van der Waals surface area contributed by atoms with Crippen LogP contribution in [0.5, 0.6) is 0 Å². The van der Waals surface area contributed by atoms with Crippen LogP contribution in [0.25, 0.3) is 11.0 Å². The van der Waals surface area contributed by atoms with E-state index in [2.05, 4.69) is 4.98 Å². The van der Waals surface area contributed by atoms with Crippen LogP contribution in [0.2, 0.25) is 0 Å². The van der Waals surface area contributed by atoms with Crippen LogP contribution in [0.4, 0.5) is 0 Å². The normalized spacial score (nSPS) is 12.3. The van der Waals surface area contributed by atoms with Gasteiger partial charge < -0.3 is 4.74 Å². The van der Waals surface area contributed by atoms with E-state index in [1.54, 1.807) is 51.1 Å². The third-order valence-corrected chi connectivity index (χ3v) is 6.64. The zero-order chi connectivity index (χ0) is 20.0. The van der Waals surface area contributed by atoms with Gasteiger partial charge in [-0.3, -0.25) is 0 Å². The molecule has 1 aromatic carbocycles. The molecule has 6 nitrogen and oxygen atoms in total. The first kappa shape index (κ1) is 19.8. The highest BCUT2D eigenvalue weighted by Crippen LogP contribution is 2.28. The molecule has 0 spiro atoms. The Labute approximate surface area is 171 Å². The van der Waals surface area contributed by atoms with E-state index in [0.29, 0.717) is 9.09 Å². The van der Waals surface area contributed by atoms with Crippen molar-refractivity contribution in [2.75, 3.05) is 0 Å². The fraction of sp³-hybridized carbons (Fsp3) is 0.263. The molecule has 142 valence electrons. The van der Waals surface area contributed by atoms with Gasteiger partial charge in [0, 0.05) is 11.6 Å². The minimum Gasteiger partial charge on any atom is -0.456 e. The second-order valence-corrected chi connectivity index (χ2v) is 10.0. The molecule has 2 heterocycles. The van der Waals surface area contributed by atoms with Gasteiger partial charge in [0.05, 0.1) is 14.2 Å². The number of rotatable bonds is 3. The number of nitrogens with zero attached hydrogens (tertiary/aromatic N) is 2. The van der Waals surface area contributed by atoms with Crippen LogP contribution in [-0.2, 0) is 14.8 Å². The highest BCUT2D eigenvalue weighted by molar-refractivity contribution is 14.1. The largest absolute Gasteiger partial charge is 0.456 e. The number of aromatic nitrogens is 2.